The predicted molar refractivity (Wildman–Crippen MR) is 229 cm³/mol. The van der Waals surface area contributed by atoms with Gasteiger partial charge in [0.25, 0.3) is 0 Å². The summed E-state index contributed by atoms with van der Waals surface area (Å²) in [6.07, 6.45) is 0. The van der Waals surface area contributed by atoms with Gasteiger partial charge in [0.15, 0.2) is 17.5 Å². The molecule has 0 bridgehead atoms. The fourth-order valence-electron chi connectivity index (χ4n) is 8.09. The van der Waals surface area contributed by atoms with Crippen molar-refractivity contribution in [1.82, 2.24) is 19.5 Å². The average Bonchev–Trinajstić information content (AvgIpc) is 3.83. The smallest absolute Gasteiger partial charge is 0.164 e. The lowest BCUT2D eigenvalue weighted by Crippen LogP contribution is -2.00. The number of hydrogen-bond acceptors (Lipinski definition) is 4. The first kappa shape index (κ1) is 31.9. The van der Waals surface area contributed by atoms with Gasteiger partial charge in [0.2, 0.25) is 0 Å². The van der Waals surface area contributed by atoms with Crippen molar-refractivity contribution < 1.29 is 4.42 Å². The molecule has 0 saturated heterocycles. The largest absolute Gasteiger partial charge is 0.456 e. The molecule has 0 aliphatic rings. The van der Waals surface area contributed by atoms with Crippen molar-refractivity contribution in [1.29, 1.82) is 0 Å². The molecule has 3 aromatic heterocycles. The Balaban J connectivity index is 1.23. The maximum Gasteiger partial charge on any atom is 0.164 e. The third-order valence-electron chi connectivity index (χ3n) is 10.6. The van der Waals surface area contributed by atoms with Gasteiger partial charge in [-0.05, 0) is 70.8 Å². The van der Waals surface area contributed by atoms with E-state index in [1.807, 2.05) is 72.8 Å². The Morgan fingerprint density at radius 1 is 0.339 bits per heavy atom. The fraction of sp³-hybridized carbons (Fsp3) is 0. The lowest BCUT2D eigenvalue weighted by Gasteiger charge is -2.12. The maximum atomic E-state index is 6.68. The summed E-state index contributed by atoms with van der Waals surface area (Å²) in [5.74, 6) is 1.80. The molecular weight excluding hydrogens is 685 g/mol. The van der Waals surface area contributed by atoms with Crippen LogP contribution in [0.4, 0.5) is 0 Å². The van der Waals surface area contributed by atoms with Crippen molar-refractivity contribution in [3.05, 3.63) is 194 Å². The topological polar surface area (TPSA) is 56.7 Å². The van der Waals surface area contributed by atoms with Crippen LogP contribution in [0, 0.1) is 0 Å². The van der Waals surface area contributed by atoms with Crippen molar-refractivity contribution in [2.75, 3.05) is 0 Å². The molecule has 262 valence electrons. The summed E-state index contributed by atoms with van der Waals surface area (Å²) in [7, 11) is 0. The summed E-state index contributed by atoms with van der Waals surface area (Å²) in [5.41, 5.74) is 12.2. The molecule has 11 rings (SSSR count). The van der Waals surface area contributed by atoms with E-state index in [4.69, 9.17) is 19.4 Å². The first-order valence-electron chi connectivity index (χ1n) is 18.8. The zero-order valence-electron chi connectivity index (χ0n) is 30.2. The molecule has 3 heterocycles. The summed E-state index contributed by atoms with van der Waals surface area (Å²) in [4.78, 5) is 15.2. The second-order valence-corrected chi connectivity index (χ2v) is 14.0. The Kier molecular flexibility index (Phi) is 7.42. The summed E-state index contributed by atoms with van der Waals surface area (Å²) in [6, 6.07) is 67.5. The van der Waals surface area contributed by atoms with Crippen LogP contribution in [-0.4, -0.2) is 19.5 Å². The van der Waals surface area contributed by atoms with E-state index in [-0.39, 0.29) is 0 Å². The van der Waals surface area contributed by atoms with Crippen LogP contribution < -0.4 is 0 Å². The Morgan fingerprint density at radius 2 is 0.929 bits per heavy atom. The second-order valence-electron chi connectivity index (χ2n) is 14.0. The van der Waals surface area contributed by atoms with Crippen LogP contribution in [0.2, 0.25) is 0 Å². The summed E-state index contributed by atoms with van der Waals surface area (Å²) in [6.45, 7) is 0. The molecule has 0 aliphatic heterocycles. The lowest BCUT2D eigenvalue weighted by molar-refractivity contribution is 0.669. The molecule has 0 saturated carbocycles. The molecule has 8 aromatic carbocycles. The van der Waals surface area contributed by atoms with Crippen LogP contribution in [0.5, 0.6) is 0 Å². The molecule has 0 aliphatic carbocycles. The molecular formula is C51H32N4O. The number of aromatic nitrogens is 4. The Morgan fingerprint density at radius 3 is 1.61 bits per heavy atom. The van der Waals surface area contributed by atoms with Gasteiger partial charge in [-0.15, -0.1) is 0 Å². The number of fused-ring (bicyclic) bond motifs is 6. The minimum Gasteiger partial charge on any atom is -0.456 e. The van der Waals surface area contributed by atoms with E-state index in [0.717, 1.165) is 66.5 Å². The van der Waals surface area contributed by atoms with Crippen molar-refractivity contribution in [3.63, 3.8) is 0 Å². The molecule has 0 N–H and O–H groups in total. The van der Waals surface area contributed by atoms with Crippen molar-refractivity contribution >= 4 is 43.7 Å². The van der Waals surface area contributed by atoms with Gasteiger partial charge >= 0.3 is 0 Å². The third kappa shape index (κ3) is 5.29. The molecule has 0 fully saturated rings. The van der Waals surface area contributed by atoms with E-state index in [9.17, 15) is 0 Å². The van der Waals surface area contributed by atoms with Gasteiger partial charge in [-0.1, -0.05) is 146 Å². The van der Waals surface area contributed by atoms with Crippen LogP contribution >= 0.6 is 0 Å². The van der Waals surface area contributed by atoms with E-state index in [2.05, 4.69) is 126 Å². The van der Waals surface area contributed by atoms with Gasteiger partial charge < -0.3 is 8.98 Å². The lowest BCUT2D eigenvalue weighted by atomic mass is 9.93. The highest BCUT2D eigenvalue weighted by Gasteiger charge is 2.22. The zero-order chi connectivity index (χ0) is 37.0. The average molecular weight is 717 g/mol. The van der Waals surface area contributed by atoms with Crippen LogP contribution in [0.25, 0.3) is 106 Å². The van der Waals surface area contributed by atoms with Gasteiger partial charge in [0.1, 0.15) is 11.2 Å². The van der Waals surface area contributed by atoms with Crippen molar-refractivity contribution in [2.24, 2.45) is 0 Å². The molecule has 11 aromatic rings. The third-order valence-corrected chi connectivity index (χ3v) is 10.6. The van der Waals surface area contributed by atoms with Gasteiger partial charge in [-0.2, -0.15) is 0 Å². The molecule has 5 nitrogen and oxygen atoms in total. The highest BCUT2D eigenvalue weighted by Crippen LogP contribution is 2.45. The van der Waals surface area contributed by atoms with Crippen molar-refractivity contribution in [2.45, 2.75) is 0 Å². The van der Waals surface area contributed by atoms with E-state index in [0.29, 0.717) is 17.5 Å². The Hall–Kier alpha value is -7.63. The normalized spacial score (nSPS) is 11.6. The highest BCUT2D eigenvalue weighted by atomic mass is 16.3. The molecule has 0 spiro atoms. The predicted octanol–water partition coefficient (Wildman–Crippen LogP) is 13.2. The zero-order valence-corrected chi connectivity index (χ0v) is 30.2. The Labute approximate surface area is 322 Å². The van der Waals surface area contributed by atoms with Gasteiger partial charge in [-0.25, -0.2) is 15.0 Å². The molecule has 0 amide bonds. The quantitative estimate of drug-likeness (QED) is 0.172. The van der Waals surface area contributed by atoms with Gasteiger partial charge in [0, 0.05) is 43.9 Å². The minimum absolute atomic E-state index is 0.576. The summed E-state index contributed by atoms with van der Waals surface area (Å²) >= 11 is 0. The second kappa shape index (κ2) is 13.0. The molecule has 0 unspecified atom stereocenters. The van der Waals surface area contributed by atoms with E-state index >= 15 is 0 Å². The van der Waals surface area contributed by atoms with E-state index < -0.39 is 0 Å². The summed E-state index contributed by atoms with van der Waals surface area (Å²) in [5, 5.41) is 4.45. The van der Waals surface area contributed by atoms with Gasteiger partial charge in [-0.3, -0.25) is 0 Å². The first-order valence-corrected chi connectivity index (χ1v) is 18.8. The Bertz CT molecular complexity index is 3170. The summed E-state index contributed by atoms with van der Waals surface area (Å²) < 4.78 is 9.06. The monoisotopic (exact) mass is 716 g/mol. The van der Waals surface area contributed by atoms with Crippen LogP contribution in [0.3, 0.4) is 0 Å². The number of nitrogens with zero attached hydrogens (tertiary/aromatic N) is 4. The minimum atomic E-state index is 0.576. The number of para-hydroxylation sites is 2. The number of hydrogen-bond donors (Lipinski definition) is 0. The molecule has 0 radical (unpaired) electrons. The van der Waals surface area contributed by atoms with Crippen LogP contribution in [-0.2, 0) is 0 Å². The molecule has 5 heteroatoms. The van der Waals surface area contributed by atoms with Crippen LogP contribution in [0.1, 0.15) is 0 Å². The highest BCUT2D eigenvalue weighted by molar-refractivity contribution is 6.22. The number of rotatable bonds is 6. The number of furan rings is 1. The van der Waals surface area contributed by atoms with E-state index in [1.165, 1.54) is 21.9 Å². The number of benzene rings is 8. The van der Waals surface area contributed by atoms with Crippen LogP contribution in [0.15, 0.2) is 199 Å². The SMILES string of the molecule is c1ccc(-c2ccc3c(c2)c2c(-c4cc(-c5nc(-c6ccccc6)nc(-c6ccccc6)n5)cc5oc6ccccc6c45)cccc2n3-c2ccccc2)cc1. The molecule has 56 heavy (non-hydrogen) atoms. The standard InChI is InChI=1S/C51H32N4O/c1-5-16-33(17-6-1)36-28-29-43-42(30-36)47-39(25-15-26-44(47)55(43)38-22-11-4-12-23-38)41-31-37(32-46-48(41)40-24-13-14-27-45(40)56-46)51-53-49(34-18-7-2-8-19-34)52-50(54-51)35-20-9-3-10-21-35/h1-32H. The fourth-order valence-corrected chi connectivity index (χ4v) is 8.09. The maximum absolute atomic E-state index is 6.68. The van der Waals surface area contributed by atoms with E-state index in [1.54, 1.807) is 0 Å². The van der Waals surface area contributed by atoms with Crippen molar-refractivity contribution in [3.8, 4) is 62.1 Å². The van der Waals surface area contributed by atoms with Gasteiger partial charge in [0.05, 0.1) is 11.0 Å². The first-order chi connectivity index (χ1) is 27.8. The molecule has 0 atom stereocenters.